The fourth-order valence-electron chi connectivity index (χ4n) is 2.50. The Kier molecular flexibility index (Phi) is 4.22. The Morgan fingerprint density at radius 2 is 1.94 bits per heavy atom. The topological polar surface area (TPSA) is 38.3 Å². The van der Waals surface area contributed by atoms with Gasteiger partial charge in [-0.2, -0.15) is 0 Å². The van der Waals surface area contributed by atoms with Gasteiger partial charge in [-0.25, -0.2) is 0 Å². The number of hydrogen-bond acceptors (Lipinski definition) is 2. The summed E-state index contributed by atoms with van der Waals surface area (Å²) in [6.07, 6.45) is 8.50. The van der Waals surface area contributed by atoms with Gasteiger partial charge in [0.05, 0.1) is 6.61 Å². The normalized spacial score (nSPS) is 23.3. The van der Waals surface area contributed by atoms with E-state index in [1.54, 1.807) is 7.05 Å². The van der Waals surface area contributed by atoms with Gasteiger partial charge < -0.3 is 10.1 Å². The fourth-order valence-corrected chi connectivity index (χ4v) is 2.50. The molecule has 0 heterocycles. The van der Waals surface area contributed by atoms with E-state index in [9.17, 15) is 4.79 Å². The lowest BCUT2D eigenvalue weighted by atomic mass is 9.99. The van der Waals surface area contributed by atoms with Crippen LogP contribution in [0.15, 0.2) is 0 Å². The van der Waals surface area contributed by atoms with Crippen LogP contribution in [0.2, 0.25) is 0 Å². The van der Waals surface area contributed by atoms with Gasteiger partial charge >= 0.3 is 0 Å². The van der Waals surface area contributed by atoms with Gasteiger partial charge in [-0.1, -0.05) is 25.7 Å². The monoisotopic (exact) mass is 225 g/mol. The fraction of sp³-hybridized carbons (Fsp3) is 0.923. The molecule has 1 N–H and O–H groups in total. The van der Waals surface area contributed by atoms with Gasteiger partial charge in [0.2, 0.25) is 5.91 Å². The van der Waals surface area contributed by atoms with Crippen molar-refractivity contribution in [3.05, 3.63) is 0 Å². The van der Waals surface area contributed by atoms with Crippen LogP contribution < -0.4 is 5.32 Å². The third kappa shape index (κ3) is 3.48. The van der Waals surface area contributed by atoms with Crippen molar-refractivity contribution >= 4 is 5.91 Å². The van der Waals surface area contributed by atoms with Crippen LogP contribution in [0.5, 0.6) is 0 Å². The molecule has 0 bridgehead atoms. The second-order valence-electron chi connectivity index (χ2n) is 5.27. The first-order chi connectivity index (χ1) is 7.79. The minimum atomic E-state index is -0.200. The van der Waals surface area contributed by atoms with Crippen molar-refractivity contribution < 1.29 is 9.53 Å². The zero-order valence-electron chi connectivity index (χ0n) is 10.2. The number of hydrogen-bond donors (Lipinski definition) is 1. The van der Waals surface area contributed by atoms with Gasteiger partial charge in [0, 0.05) is 7.05 Å². The van der Waals surface area contributed by atoms with Crippen molar-refractivity contribution in [1.82, 2.24) is 5.32 Å². The third-order valence-electron chi connectivity index (χ3n) is 3.79. The lowest BCUT2D eigenvalue weighted by Crippen LogP contribution is -2.35. The highest BCUT2D eigenvalue weighted by Gasteiger charge is 2.28. The molecule has 0 aliphatic heterocycles. The summed E-state index contributed by atoms with van der Waals surface area (Å²) in [6.45, 7) is 0.783. The average molecular weight is 225 g/mol. The second kappa shape index (κ2) is 5.67. The summed E-state index contributed by atoms with van der Waals surface area (Å²) in [7, 11) is 1.70. The number of likely N-dealkylation sites (N-methyl/N-ethyl adjacent to an activating group) is 1. The minimum absolute atomic E-state index is 0.0625. The van der Waals surface area contributed by atoms with E-state index in [1.165, 1.54) is 38.5 Å². The van der Waals surface area contributed by atoms with Gasteiger partial charge in [-0.15, -0.1) is 0 Å². The molecule has 1 amide bonds. The molecular formula is C13H23NO2. The number of nitrogens with one attached hydrogen (secondary N) is 1. The summed E-state index contributed by atoms with van der Waals surface area (Å²) >= 11 is 0. The number of amides is 1. The van der Waals surface area contributed by atoms with E-state index in [-0.39, 0.29) is 12.0 Å². The Balaban J connectivity index is 1.77. The molecule has 2 aliphatic carbocycles. The predicted molar refractivity (Wildman–Crippen MR) is 63.1 cm³/mol. The molecule has 2 saturated carbocycles. The van der Waals surface area contributed by atoms with Crippen LogP contribution in [0.25, 0.3) is 0 Å². The first-order valence-corrected chi connectivity index (χ1v) is 6.62. The summed E-state index contributed by atoms with van der Waals surface area (Å²) in [4.78, 5) is 11.7. The molecule has 16 heavy (non-hydrogen) atoms. The Bertz CT molecular complexity index is 232. The van der Waals surface area contributed by atoms with Crippen LogP contribution >= 0.6 is 0 Å². The minimum Gasteiger partial charge on any atom is -0.368 e. The Morgan fingerprint density at radius 1 is 1.25 bits per heavy atom. The highest BCUT2D eigenvalue weighted by molar-refractivity contribution is 5.80. The number of carbonyl (C=O) groups excluding carboxylic acids is 1. The van der Waals surface area contributed by atoms with E-state index in [4.69, 9.17) is 4.74 Å². The van der Waals surface area contributed by atoms with Crippen LogP contribution in [0.3, 0.4) is 0 Å². The molecule has 0 spiro atoms. The maximum Gasteiger partial charge on any atom is 0.248 e. The summed E-state index contributed by atoms with van der Waals surface area (Å²) in [5, 5.41) is 2.72. The van der Waals surface area contributed by atoms with Gasteiger partial charge in [-0.05, 0) is 31.1 Å². The van der Waals surface area contributed by atoms with Crippen molar-refractivity contribution in [1.29, 1.82) is 0 Å². The molecular weight excluding hydrogens is 202 g/mol. The van der Waals surface area contributed by atoms with Gasteiger partial charge in [0.15, 0.2) is 0 Å². The molecule has 2 fully saturated rings. The second-order valence-corrected chi connectivity index (χ2v) is 5.27. The number of ether oxygens (including phenoxy) is 1. The number of rotatable bonds is 6. The zero-order valence-corrected chi connectivity index (χ0v) is 10.2. The van der Waals surface area contributed by atoms with Crippen molar-refractivity contribution in [2.75, 3.05) is 13.7 Å². The average Bonchev–Trinajstić information content (AvgIpc) is 2.99. The van der Waals surface area contributed by atoms with E-state index in [2.05, 4.69) is 5.32 Å². The highest BCUT2D eigenvalue weighted by Crippen LogP contribution is 2.32. The SMILES string of the molecule is CNC(=O)C(CC1CCCC1)OCC1CC1. The van der Waals surface area contributed by atoms with E-state index >= 15 is 0 Å². The summed E-state index contributed by atoms with van der Waals surface area (Å²) in [5.74, 6) is 1.50. The molecule has 0 aromatic heterocycles. The van der Waals surface area contributed by atoms with E-state index < -0.39 is 0 Å². The smallest absolute Gasteiger partial charge is 0.248 e. The molecule has 2 rings (SSSR count). The predicted octanol–water partition coefficient (Wildman–Crippen LogP) is 2.11. The van der Waals surface area contributed by atoms with Crippen LogP contribution in [0, 0.1) is 11.8 Å². The maximum absolute atomic E-state index is 11.7. The van der Waals surface area contributed by atoms with Crippen molar-refractivity contribution in [3.63, 3.8) is 0 Å². The zero-order chi connectivity index (χ0) is 11.4. The van der Waals surface area contributed by atoms with E-state index in [0.29, 0.717) is 5.92 Å². The maximum atomic E-state index is 11.7. The molecule has 1 unspecified atom stereocenters. The standard InChI is InChI=1S/C13H23NO2/c1-14-13(15)12(16-9-11-6-7-11)8-10-4-2-3-5-10/h10-12H,2-9H2,1H3,(H,14,15). The molecule has 2 aliphatic rings. The number of carbonyl (C=O) groups is 1. The Morgan fingerprint density at radius 3 is 2.50 bits per heavy atom. The van der Waals surface area contributed by atoms with Gasteiger partial charge in [0.25, 0.3) is 0 Å². The molecule has 0 saturated heterocycles. The highest BCUT2D eigenvalue weighted by atomic mass is 16.5. The molecule has 3 nitrogen and oxygen atoms in total. The van der Waals surface area contributed by atoms with Crippen molar-refractivity contribution in [3.8, 4) is 0 Å². The molecule has 1 atom stereocenters. The van der Waals surface area contributed by atoms with Gasteiger partial charge in [-0.3, -0.25) is 4.79 Å². The summed E-state index contributed by atoms with van der Waals surface area (Å²) in [5.41, 5.74) is 0. The van der Waals surface area contributed by atoms with Crippen LogP contribution in [-0.2, 0) is 9.53 Å². The molecule has 92 valence electrons. The summed E-state index contributed by atoms with van der Waals surface area (Å²) < 4.78 is 5.77. The van der Waals surface area contributed by atoms with Crippen molar-refractivity contribution in [2.24, 2.45) is 11.8 Å². The lowest BCUT2D eigenvalue weighted by molar-refractivity contribution is -0.133. The lowest BCUT2D eigenvalue weighted by Gasteiger charge is -2.19. The molecule has 0 aromatic rings. The van der Waals surface area contributed by atoms with E-state index in [0.717, 1.165) is 18.9 Å². The first-order valence-electron chi connectivity index (χ1n) is 6.62. The third-order valence-corrected chi connectivity index (χ3v) is 3.79. The van der Waals surface area contributed by atoms with Gasteiger partial charge in [0.1, 0.15) is 6.10 Å². The van der Waals surface area contributed by atoms with Crippen LogP contribution in [0.1, 0.15) is 44.9 Å². The molecule has 0 aromatic carbocycles. The summed E-state index contributed by atoms with van der Waals surface area (Å²) in [6, 6.07) is 0. The Hall–Kier alpha value is -0.570. The quantitative estimate of drug-likeness (QED) is 0.752. The van der Waals surface area contributed by atoms with Crippen LogP contribution in [-0.4, -0.2) is 25.7 Å². The molecule has 0 radical (unpaired) electrons. The van der Waals surface area contributed by atoms with Crippen molar-refractivity contribution in [2.45, 2.75) is 51.0 Å². The molecule has 3 heteroatoms. The van der Waals surface area contributed by atoms with E-state index in [1.807, 2.05) is 0 Å². The largest absolute Gasteiger partial charge is 0.368 e. The Labute approximate surface area is 97.9 Å². The first kappa shape index (κ1) is 11.9. The van der Waals surface area contributed by atoms with Crippen LogP contribution in [0.4, 0.5) is 0 Å².